The Balaban J connectivity index is 2.10. The van der Waals surface area contributed by atoms with Crippen LogP contribution in [0.1, 0.15) is 65.2 Å². The summed E-state index contributed by atoms with van der Waals surface area (Å²) in [5.41, 5.74) is 5.58. The van der Waals surface area contributed by atoms with Crippen molar-refractivity contribution in [3.63, 3.8) is 0 Å². The van der Waals surface area contributed by atoms with Crippen LogP contribution in [-0.2, 0) is 4.79 Å². The second-order valence-electron chi connectivity index (χ2n) is 6.32. The molecule has 1 fully saturated rings. The first-order chi connectivity index (χ1) is 9.15. The van der Waals surface area contributed by atoms with Gasteiger partial charge in [-0.15, -0.1) is 0 Å². The molecule has 0 heterocycles. The van der Waals surface area contributed by atoms with Crippen LogP contribution in [0.5, 0.6) is 0 Å². The first kappa shape index (κ1) is 16.5. The summed E-state index contributed by atoms with van der Waals surface area (Å²) in [6.07, 6.45) is 9.06. The smallest absolute Gasteiger partial charge is 0.220 e. The molecule has 0 aromatic heterocycles. The maximum absolute atomic E-state index is 11.8. The monoisotopic (exact) mass is 268 g/mol. The third kappa shape index (κ3) is 6.95. The molecule has 3 nitrogen and oxygen atoms in total. The molecule has 0 aromatic rings. The summed E-state index contributed by atoms with van der Waals surface area (Å²) in [7, 11) is 0. The van der Waals surface area contributed by atoms with Crippen LogP contribution in [0, 0.1) is 17.8 Å². The molecule has 1 amide bonds. The molecule has 0 saturated heterocycles. The van der Waals surface area contributed by atoms with E-state index in [1.165, 1.54) is 25.7 Å². The number of rotatable bonds is 8. The van der Waals surface area contributed by atoms with Gasteiger partial charge < -0.3 is 11.1 Å². The third-order valence-electron chi connectivity index (χ3n) is 4.66. The van der Waals surface area contributed by atoms with E-state index in [4.69, 9.17) is 5.73 Å². The Morgan fingerprint density at radius 2 is 1.95 bits per heavy atom. The largest absolute Gasteiger partial charge is 0.356 e. The average molecular weight is 268 g/mol. The molecule has 1 saturated carbocycles. The SMILES string of the molecule is CCC(CCN)CCC(=O)NCC1CCC(C)CC1. The Labute approximate surface area is 118 Å². The number of carbonyl (C=O) groups excluding carboxylic acids is 1. The summed E-state index contributed by atoms with van der Waals surface area (Å²) in [5.74, 6) is 2.44. The number of amides is 1. The minimum atomic E-state index is 0.231. The van der Waals surface area contributed by atoms with E-state index in [0.29, 0.717) is 18.3 Å². The summed E-state index contributed by atoms with van der Waals surface area (Å²) in [5, 5.41) is 3.12. The molecule has 0 aromatic carbocycles. The summed E-state index contributed by atoms with van der Waals surface area (Å²) in [6, 6.07) is 0. The van der Waals surface area contributed by atoms with Gasteiger partial charge in [0.15, 0.2) is 0 Å². The fraction of sp³-hybridized carbons (Fsp3) is 0.938. The molecule has 1 unspecified atom stereocenters. The second-order valence-corrected chi connectivity index (χ2v) is 6.32. The van der Waals surface area contributed by atoms with Gasteiger partial charge in [-0.25, -0.2) is 0 Å². The molecule has 0 spiro atoms. The lowest BCUT2D eigenvalue weighted by atomic mass is 9.83. The van der Waals surface area contributed by atoms with Gasteiger partial charge in [0, 0.05) is 13.0 Å². The Morgan fingerprint density at radius 3 is 2.53 bits per heavy atom. The van der Waals surface area contributed by atoms with Crippen molar-refractivity contribution >= 4 is 5.91 Å². The molecule has 1 rings (SSSR count). The third-order valence-corrected chi connectivity index (χ3v) is 4.66. The van der Waals surface area contributed by atoms with Crippen molar-refractivity contribution in [2.75, 3.05) is 13.1 Å². The van der Waals surface area contributed by atoms with Crippen molar-refractivity contribution in [1.82, 2.24) is 5.32 Å². The number of nitrogens with two attached hydrogens (primary N) is 1. The molecule has 1 atom stereocenters. The Morgan fingerprint density at radius 1 is 1.26 bits per heavy atom. The van der Waals surface area contributed by atoms with E-state index in [1.54, 1.807) is 0 Å². The lowest BCUT2D eigenvalue weighted by molar-refractivity contribution is -0.121. The van der Waals surface area contributed by atoms with E-state index in [0.717, 1.165) is 38.3 Å². The standard InChI is InChI=1S/C16H32N2O/c1-3-14(10-11-17)8-9-16(19)18-12-15-6-4-13(2)5-7-15/h13-15H,3-12,17H2,1-2H3,(H,18,19). The van der Waals surface area contributed by atoms with Gasteiger partial charge >= 0.3 is 0 Å². The molecule has 0 bridgehead atoms. The van der Waals surface area contributed by atoms with E-state index >= 15 is 0 Å². The van der Waals surface area contributed by atoms with Crippen LogP contribution in [-0.4, -0.2) is 19.0 Å². The lowest BCUT2D eigenvalue weighted by Gasteiger charge is -2.26. The van der Waals surface area contributed by atoms with Gasteiger partial charge in [0.25, 0.3) is 0 Å². The Bertz CT molecular complexity index is 247. The van der Waals surface area contributed by atoms with E-state index in [1.807, 2.05) is 0 Å². The van der Waals surface area contributed by atoms with E-state index in [2.05, 4.69) is 19.2 Å². The molecule has 3 N–H and O–H groups in total. The number of hydrogen-bond donors (Lipinski definition) is 2. The van der Waals surface area contributed by atoms with Gasteiger partial charge in [0.05, 0.1) is 0 Å². The topological polar surface area (TPSA) is 55.1 Å². The van der Waals surface area contributed by atoms with Crippen LogP contribution in [0.15, 0.2) is 0 Å². The van der Waals surface area contributed by atoms with Crippen molar-refractivity contribution < 1.29 is 4.79 Å². The maximum atomic E-state index is 11.8. The fourth-order valence-corrected chi connectivity index (χ4v) is 3.00. The van der Waals surface area contributed by atoms with E-state index in [-0.39, 0.29) is 5.91 Å². The average Bonchev–Trinajstić information content (AvgIpc) is 2.42. The van der Waals surface area contributed by atoms with Gasteiger partial charge in [-0.3, -0.25) is 4.79 Å². The van der Waals surface area contributed by atoms with Gasteiger partial charge in [-0.1, -0.05) is 33.1 Å². The molecule has 112 valence electrons. The normalized spacial score (nSPS) is 25.0. The van der Waals surface area contributed by atoms with Crippen LogP contribution in [0.3, 0.4) is 0 Å². The first-order valence-electron chi connectivity index (χ1n) is 8.12. The van der Waals surface area contributed by atoms with Crippen LogP contribution < -0.4 is 11.1 Å². The van der Waals surface area contributed by atoms with Gasteiger partial charge in [0.1, 0.15) is 0 Å². The molecular weight excluding hydrogens is 236 g/mol. The van der Waals surface area contributed by atoms with E-state index < -0.39 is 0 Å². The van der Waals surface area contributed by atoms with Crippen LogP contribution in [0.25, 0.3) is 0 Å². The predicted octanol–water partition coefficient (Wildman–Crippen LogP) is 3.08. The summed E-state index contributed by atoms with van der Waals surface area (Å²) in [4.78, 5) is 11.8. The Hall–Kier alpha value is -0.570. The minimum Gasteiger partial charge on any atom is -0.356 e. The zero-order chi connectivity index (χ0) is 14.1. The second kappa shape index (κ2) is 9.35. The highest BCUT2D eigenvalue weighted by atomic mass is 16.1. The first-order valence-corrected chi connectivity index (χ1v) is 8.12. The van der Waals surface area contributed by atoms with Crippen molar-refractivity contribution in [2.24, 2.45) is 23.5 Å². The van der Waals surface area contributed by atoms with Crippen LogP contribution >= 0.6 is 0 Å². The van der Waals surface area contributed by atoms with Gasteiger partial charge in [0.2, 0.25) is 5.91 Å². The predicted molar refractivity (Wildman–Crippen MR) is 80.8 cm³/mol. The van der Waals surface area contributed by atoms with Crippen LogP contribution in [0.2, 0.25) is 0 Å². The molecule has 0 radical (unpaired) electrons. The van der Waals surface area contributed by atoms with Crippen molar-refractivity contribution in [1.29, 1.82) is 0 Å². The molecule has 1 aliphatic rings. The minimum absolute atomic E-state index is 0.231. The highest BCUT2D eigenvalue weighted by Gasteiger charge is 2.18. The number of hydrogen-bond acceptors (Lipinski definition) is 2. The summed E-state index contributed by atoms with van der Waals surface area (Å²) >= 11 is 0. The summed E-state index contributed by atoms with van der Waals surface area (Å²) < 4.78 is 0. The summed E-state index contributed by atoms with van der Waals surface area (Å²) in [6.45, 7) is 6.14. The molecular formula is C16H32N2O. The van der Waals surface area contributed by atoms with E-state index in [9.17, 15) is 4.79 Å². The van der Waals surface area contributed by atoms with Crippen molar-refractivity contribution in [3.05, 3.63) is 0 Å². The molecule has 19 heavy (non-hydrogen) atoms. The Kier molecular flexibility index (Phi) is 8.11. The fourth-order valence-electron chi connectivity index (χ4n) is 3.00. The number of carbonyl (C=O) groups is 1. The highest BCUT2D eigenvalue weighted by Crippen LogP contribution is 2.27. The molecule has 1 aliphatic carbocycles. The highest BCUT2D eigenvalue weighted by molar-refractivity contribution is 5.75. The zero-order valence-corrected chi connectivity index (χ0v) is 12.8. The maximum Gasteiger partial charge on any atom is 0.220 e. The lowest BCUT2D eigenvalue weighted by Crippen LogP contribution is -2.31. The van der Waals surface area contributed by atoms with Gasteiger partial charge in [-0.05, 0) is 50.0 Å². The van der Waals surface area contributed by atoms with Crippen molar-refractivity contribution in [2.45, 2.75) is 65.2 Å². The van der Waals surface area contributed by atoms with Crippen molar-refractivity contribution in [3.8, 4) is 0 Å². The quantitative estimate of drug-likeness (QED) is 0.711. The molecule has 0 aliphatic heterocycles. The van der Waals surface area contributed by atoms with Gasteiger partial charge in [-0.2, -0.15) is 0 Å². The zero-order valence-electron chi connectivity index (χ0n) is 12.8. The van der Waals surface area contributed by atoms with Crippen LogP contribution in [0.4, 0.5) is 0 Å². The molecule has 3 heteroatoms. The number of nitrogens with one attached hydrogen (secondary N) is 1.